The zero-order valence-electron chi connectivity index (χ0n) is 20.0. The number of benzene rings is 3. The maximum Gasteiger partial charge on any atom is 0.415 e. The number of ether oxygens (including phenoxy) is 2. The quantitative estimate of drug-likeness (QED) is 0.292. The number of carbonyl (C=O) groups excluding carboxylic acids is 1. The summed E-state index contributed by atoms with van der Waals surface area (Å²) in [5, 5.41) is -0.146. The molecule has 3 aromatic rings. The molecule has 1 aliphatic rings. The van der Waals surface area contributed by atoms with Gasteiger partial charge in [-0.05, 0) is 67.1 Å². The number of hydrogen-bond donors (Lipinski definition) is 1. The van der Waals surface area contributed by atoms with Gasteiger partial charge in [0.05, 0.1) is 7.11 Å². The zero-order valence-corrected chi connectivity index (χ0v) is 20.9. The van der Waals surface area contributed by atoms with Crippen LogP contribution in [0, 0.1) is 23.3 Å². The van der Waals surface area contributed by atoms with E-state index in [2.05, 4.69) is 12.6 Å². The van der Waals surface area contributed by atoms with E-state index >= 15 is 0 Å². The van der Waals surface area contributed by atoms with Crippen LogP contribution in [0.3, 0.4) is 0 Å². The lowest BCUT2D eigenvalue weighted by atomic mass is 10.1. The summed E-state index contributed by atoms with van der Waals surface area (Å²) in [4.78, 5) is 16.2. The number of halogens is 4. The van der Waals surface area contributed by atoms with E-state index in [1.165, 1.54) is 12.0 Å². The fraction of sp³-hybridized carbons (Fsp3) is 0.296. The highest BCUT2D eigenvalue weighted by Gasteiger charge is 2.36. The molecule has 0 aromatic heterocycles. The van der Waals surface area contributed by atoms with Crippen LogP contribution in [0.5, 0.6) is 11.5 Å². The molecule has 0 N–H and O–H groups in total. The monoisotopic (exact) mass is 534 g/mol. The van der Waals surface area contributed by atoms with Gasteiger partial charge in [0.15, 0.2) is 0 Å². The van der Waals surface area contributed by atoms with Gasteiger partial charge in [0.1, 0.15) is 34.8 Å². The number of amides is 1. The van der Waals surface area contributed by atoms with Crippen LogP contribution in [0.1, 0.15) is 17.5 Å². The van der Waals surface area contributed by atoms with E-state index in [-0.39, 0.29) is 36.0 Å². The second-order valence-electron chi connectivity index (χ2n) is 8.88. The number of rotatable bonds is 8. The molecule has 0 spiro atoms. The SMILES string of the molecule is COc1ccc(OC(=O)N2C[C@H](S)C[C@H]2CN(Cc2cc(F)ccc2F)Cc2cc(F)ccc2F)cc1. The molecule has 3 aromatic carbocycles. The van der Waals surface area contributed by atoms with Crippen LogP contribution in [0.2, 0.25) is 0 Å². The number of thiol groups is 1. The molecule has 0 saturated carbocycles. The van der Waals surface area contributed by atoms with Crippen molar-refractivity contribution in [2.24, 2.45) is 0 Å². The first-order chi connectivity index (χ1) is 17.7. The summed E-state index contributed by atoms with van der Waals surface area (Å²) in [5.74, 6) is -1.55. The summed E-state index contributed by atoms with van der Waals surface area (Å²) in [5.41, 5.74) is 0.120. The summed E-state index contributed by atoms with van der Waals surface area (Å²) >= 11 is 4.53. The lowest BCUT2D eigenvalue weighted by Gasteiger charge is -2.30. The number of carbonyl (C=O) groups is 1. The number of nitrogens with zero attached hydrogens (tertiary/aromatic N) is 2. The third kappa shape index (κ3) is 6.95. The van der Waals surface area contributed by atoms with Crippen molar-refractivity contribution in [2.75, 3.05) is 20.2 Å². The molecule has 1 aliphatic heterocycles. The predicted molar refractivity (Wildman–Crippen MR) is 134 cm³/mol. The summed E-state index contributed by atoms with van der Waals surface area (Å²) in [7, 11) is 1.53. The maximum absolute atomic E-state index is 14.5. The van der Waals surface area contributed by atoms with E-state index in [4.69, 9.17) is 9.47 Å². The number of likely N-dealkylation sites (tertiary alicyclic amines) is 1. The van der Waals surface area contributed by atoms with Crippen molar-refractivity contribution < 1.29 is 31.8 Å². The van der Waals surface area contributed by atoms with E-state index in [9.17, 15) is 22.4 Å². The first kappa shape index (κ1) is 26.8. The molecular formula is C27H26F4N2O3S. The number of methoxy groups -OCH3 is 1. The Morgan fingerprint density at radius 1 is 0.919 bits per heavy atom. The molecule has 1 saturated heterocycles. The van der Waals surface area contributed by atoms with Crippen LogP contribution in [-0.4, -0.2) is 47.4 Å². The molecule has 196 valence electrons. The Bertz CT molecular complexity index is 1190. The molecule has 1 fully saturated rings. The summed E-state index contributed by atoms with van der Waals surface area (Å²) in [6, 6.07) is 12.3. The molecular weight excluding hydrogens is 508 g/mol. The fourth-order valence-corrected chi connectivity index (χ4v) is 4.80. The standard InChI is InChI=1S/C27H26F4N2O3S/c1-35-22-4-6-23(7-5-22)36-27(34)33-16-24(37)12-21(33)15-32(13-17-10-19(28)2-8-25(17)30)14-18-11-20(29)3-9-26(18)31/h2-11,21,24,37H,12-16H2,1H3/t21-,24+/m0/s1. The molecule has 0 radical (unpaired) electrons. The van der Waals surface area contributed by atoms with E-state index < -0.39 is 35.4 Å². The van der Waals surface area contributed by atoms with E-state index in [1.54, 1.807) is 29.2 Å². The van der Waals surface area contributed by atoms with Gasteiger partial charge in [0, 0.05) is 48.6 Å². The highest BCUT2D eigenvalue weighted by molar-refractivity contribution is 7.81. The van der Waals surface area contributed by atoms with Gasteiger partial charge >= 0.3 is 6.09 Å². The molecule has 0 unspecified atom stereocenters. The van der Waals surface area contributed by atoms with Crippen LogP contribution >= 0.6 is 12.6 Å². The van der Waals surface area contributed by atoms with Crippen molar-refractivity contribution in [3.8, 4) is 11.5 Å². The van der Waals surface area contributed by atoms with Gasteiger partial charge in [-0.1, -0.05) is 0 Å². The van der Waals surface area contributed by atoms with Gasteiger partial charge in [0.25, 0.3) is 0 Å². The van der Waals surface area contributed by atoms with Gasteiger partial charge in [-0.25, -0.2) is 22.4 Å². The highest BCUT2D eigenvalue weighted by atomic mass is 32.1. The molecule has 4 rings (SSSR count). The minimum atomic E-state index is -0.625. The first-order valence-corrected chi connectivity index (χ1v) is 12.1. The number of hydrogen-bond acceptors (Lipinski definition) is 5. The van der Waals surface area contributed by atoms with Gasteiger partial charge in [-0.15, -0.1) is 0 Å². The van der Waals surface area contributed by atoms with Crippen LogP contribution < -0.4 is 9.47 Å². The molecule has 1 heterocycles. The van der Waals surface area contributed by atoms with Crippen molar-refractivity contribution in [3.05, 3.63) is 95.1 Å². The molecule has 0 aliphatic carbocycles. The predicted octanol–water partition coefficient (Wildman–Crippen LogP) is 5.83. The Kier molecular flexibility index (Phi) is 8.60. The van der Waals surface area contributed by atoms with Crippen LogP contribution in [0.25, 0.3) is 0 Å². The van der Waals surface area contributed by atoms with Crippen LogP contribution in [0.15, 0.2) is 60.7 Å². The lowest BCUT2D eigenvalue weighted by molar-refractivity contribution is 0.126. The average Bonchev–Trinajstić information content (AvgIpc) is 3.24. The molecule has 10 heteroatoms. The Balaban J connectivity index is 1.55. The second-order valence-corrected chi connectivity index (χ2v) is 9.61. The Morgan fingerprint density at radius 3 is 2.00 bits per heavy atom. The second kappa shape index (κ2) is 11.9. The fourth-order valence-electron chi connectivity index (χ4n) is 4.39. The Morgan fingerprint density at radius 2 is 1.46 bits per heavy atom. The molecule has 0 bridgehead atoms. The minimum absolute atomic E-state index is 0.0598. The van der Waals surface area contributed by atoms with Crippen LogP contribution in [0.4, 0.5) is 22.4 Å². The van der Waals surface area contributed by atoms with Crippen LogP contribution in [-0.2, 0) is 13.1 Å². The van der Waals surface area contributed by atoms with E-state index in [0.717, 1.165) is 36.4 Å². The van der Waals surface area contributed by atoms with E-state index in [0.29, 0.717) is 24.5 Å². The topological polar surface area (TPSA) is 42.0 Å². The van der Waals surface area contributed by atoms with Crippen molar-refractivity contribution in [2.45, 2.75) is 30.8 Å². The third-order valence-electron chi connectivity index (χ3n) is 6.16. The van der Waals surface area contributed by atoms with Gasteiger partial charge < -0.3 is 14.4 Å². The van der Waals surface area contributed by atoms with Crippen molar-refractivity contribution in [1.29, 1.82) is 0 Å². The summed E-state index contributed by atoms with van der Waals surface area (Å²) in [6.07, 6.45) is -0.102. The zero-order chi connectivity index (χ0) is 26.5. The Labute approximate surface area is 218 Å². The van der Waals surface area contributed by atoms with Gasteiger partial charge in [-0.2, -0.15) is 12.6 Å². The molecule has 1 amide bonds. The minimum Gasteiger partial charge on any atom is -0.497 e. The smallest absolute Gasteiger partial charge is 0.415 e. The summed E-state index contributed by atoms with van der Waals surface area (Å²) < 4.78 is 67.2. The summed E-state index contributed by atoms with van der Waals surface area (Å²) in [6.45, 7) is 0.295. The molecule has 37 heavy (non-hydrogen) atoms. The normalized spacial score (nSPS) is 17.3. The van der Waals surface area contributed by atoms with Crippen molar-refractivity contribution in [3.63, 3.8) is 0 Å². The highest BCUT2D eigenvalue weighted by Crippen LogP contribution is 2.27. The molecule has 2 atom stereocenters. The lowest BCUT2D eigenvalue weighted by Crippen LogP contribution is -2.44. The average molecular weight is 535 g/mol. The third-order valence-corrected chi connectivity index (χ3v) is 6.54. The maximum atomic E-state index is 14.5. The first-order valence-electron chi connectivity index (χ1n) is 11.6. The largest absolute Gasteiger partial charge is 0.497 e. The Hall–Kier alpha value is -3.24. The van der Waals surface area contributed by atoms with Crippen molar-refractivity contribution >= 4 is 18.7 Å². The molecule has 5 nitrogen and oxygen atoms in total. The van der Waals surface area contributed by atoms with Gasteiger partial charge in [0.2, 0.25) is 0 Å². The van der Waals surface area contributed by atoms with Crippen molar-refractivity contribution in [1.82, 2.24) is 9.80 Å². The van der Waals surface area contributed by atoms with E-state index in [1.807, 2.05) is 0 Å². The van der Waals surface area contributed by atoms with Gasteiger partial charge in [-0.3, -0.25) is 4.90 Å².